The molecule has 2 aromatic carbocycles. The number of thiocarbonyl (C=S) groups is 1. The van der Waals surface area contributed by atoms with Crippen LogP contribution in [0.3, 0.4) is 0 Å². The predicted octanol–water partition coefficient (Wildman–Crippen LogP) is 5.26. The van der Waals surface area contributed by atoms with Gasteiger partial charge < -0.3 is 0 Å². The molecule has 0 aliphatic carbocycles. The summed E-state index contributed by atoms with van der Waals surface area (Å²) in [6.07, 6.45) is 0. The van der Waals surface area contributed by atoms with Gasteiger partial charge in [-0.3, -0.25) is 18.7 Å². The Morgan fingerprint density at radius 3 is 1.25 bits per heavy atom. The monoisotopic (exact) mass is 576 g/mol. The minimum atomic E-state index is -0.603. The van der Waals surface area contributed by atoms with Gasteiger partial charge in [-0.2, -0.15) is 21.0 Å². The average Bonchev–Trinajstić information content (AvgIpc) is 2.95. The maximum Gasteiger partial charge on any atom is 0.274 e. The van der Waals surface area contributed by atoms with Gasteiger partial charge in [0.25, 0.3) is 11.1 Å². The summed E-state index contributed by atoms with van der Waals surface area (Å²) in [5.74, 6) is 0. The first-order chi connectivity index (χ1) is 19.3. The molecule has 0 aliphatic heterocycles. The molecule has 0 bridgehead atoms. The summed E-state index contributed by atoms with van der Waals surface area (Å²) in [5.41, 5.74) is 0.00704. The largest absolute Gasteiger partial charge is 0.274 e. The highest BCUT2D eigenvalue weighted by Gasteiger charge is 2.25. The number of rotatable bonds is 4. The Kier molecular flexibility index (Phi) is 8.34. The fourth-order valence-corrected chi connectivity index (χ4v) is 6.64. The van der Waals surface area contributed by atoms with Crippen molar-refractivity contribution in [3.8, 4) is 35.7 Å². The smallest absolute Gasteiger partial charge is 0.269 e. The molecule has 0 aliphatic rings. The molecule has 4 aromatic rings. The number of hydrogen-bond donors (Lipinski definition) is 0. The molecule has 40 heavy (non-hydrogen) atoms. The third-order valence-corrected chi connectivity index (χ3v) is 8.50. The van der Waals surface area contributed by atoms with Crippen LogP contribution in [0.4, 0.5) is 0 Å². The van der Waals surface area contributed by atoms with Gasteiger partial charge in [0.1, 0.15) is 49.0 Å². The van der Waals surface area contributed by atoms with E-state index in [0.717, 1.165) is 23.5 Å². The molecule has 0 saturated heterocycles. The van der Waals surface area contributed by atoms with E-state index in [9.17, 15) is 30.6 Å². The Bertz CT molecular complexity index is 1830. The van der Waals surface area contributed by atoms with E-state index in [1.165, 1.54) is 23.0 Å². The van der Waals surface area contributed by atoms with Crippen LogP contribution in [0.1, 0.15) is 33.4 Å². The van der Waals surface area contributed by atoms with Crippen LogP contribution in [0.5, 0.6) is 0 Å². The lowest BCUT2D eigenvalue weighted by Gasteiger charge is -2.19. The van der Waals surface area contributed by atoms with Crippen molar-refractivity contribution in [1.29, 1.82) is 21.0 Å². The van der Waals surface area contributed by atoms with Crippen molar-refractivity contribution in [2.75, 3.05) is 0 Å². The number of aromatic nitrogens is 2. The zero-order chi connectivity index (χ0) is 29.0. The molecule has 0 N–H and O–H groups in total. The maximum atomic E-state index is 13.4. The first-order valence-corrected chi connectivity index (χ1v) is 13.5. The van der Waals surface area contributed by atoms with Gasteiger partial charge in [0.2, 0.25) is 0 Å². The van der Waals surface area contributed by atoms with Crippen molar-refractivity contribution >= 4 is 39.3 Å². The number of thioether (sulfide) groups is 2. The molecule has 0 amide bonds. The van der Waals surface area contributed by atoms with Gasteiger partial charge >= 0.3 is 0 Å². The van der Waals surface area contributed by atoms with Crippen LogP contribution < -0.4 is 11.1 Å². The molecule has 0 atom stereocenters. The van der Waals surface area contributed by atoms with Gasteiger partial charge in [0.15, 0.2) is 0 Å². The number of nitriles is 4. The number of nitrogens with zero attached hydrogens (tertiary/aromatic N) is 6. The van der Waals surface area contributed by atoms with E-state index in [0.29, 0.717) is 11.4 Å². The Morgan fingerprint density at radius 2 is 0.950 bits per heavy atom. The molecule has 0 saturated carbocycles. The van der Waals surface area contributed by atoms with Crippen LogP contribution in [-0.2, 0) is 0 Å². The van der Waals surface area contributed by atoms with Crippen molar-refractivity contribution in [2.45, 2.75) is 23.9 Å². The quantitative estimate of drug-likeness (QED) is 0.235. The normalized spacial score (nSPS) is 10.2. The molecule has 0 unspecified atom stereocenters. The molecule has 2 heterocycles. The lowest BCUT2D eigenvalue weighted by molar-refractivity contribution is 0.855. The Hall–Kier alpha value is -4.91. The zero-order valence-corrected chi connectivity index (χ0v) is 23.4. The first-order valence-electron chi connectivity index (χ1n) is 11.5. The highest BCUT2D eigenvalue weighted by Crippen LogP contribution is 2.37. The molecular formula is C29H16N6O2S3. The SMILES string of the molecule is Cc1c(C#N)c(SC(=S)Sc2c(C#N)c(C)c(C#N)c(=O)n2-c2ccccc2)n(-c2ccccc2)c(=O)c1C#N. The lowest BCUT2D eigenvalue weighted by Crippen LogP contribution is -2.26. The van der Waals surface area contributed by atoms with Gasteiger partial charge in [-0.05, 0) is 49.2 Å². The number of hydrogen-bond acceptors (Lipinski definition) is 9. The molecule has 0 radical (unpaired) electrons. The van der Waals surface area contributed by atoms with Crippen LogP contribution in [0.2, 0.25) is 0 Å². The lowest BCUT2D eigenvalue weighted by atomic mass is 10.1. The fraction of sp³-hybridized carbons (Fsp3) is 0.0690. The van der Waals surface area contributed by atoms with E-state index >= 15 is 0 Å². The Morgan fingerprint density at radius 1 is 0.625 bits per heavy atom. The van der Waals surface area contributed by atoms with Gasteiger partial charge in [-0.15, -0.1) is 0 Å². The van der Waals surface area contributed by atoms with Crippen molar-refractivity contribution in [2.24, 2.45) is 0 Å². The van der Waals surface area contributed by atoms with Crippen molar-refractivity contribution in [3.05, 3.63) is 115 Å². The number of para-hydroxylation sites is 2. The second-order valence-electron chi connectivity index (χ2n) is 8.21. The average molecular weight is 577 g/mol. The molecule has 0 spiro atoms. The van der Waals surface area contributed by atoms with Gasteiger partial charge in [-0.1, -0.05) is 72.1 Å². The molecule has 2 aromatic heterocycles. The second kappa shape index (κ2) is 11.9. The predicted molar refractivity (Wildman–Crippen MR) is 157 cm³/mol. The van der Waals surface area contributed by atoms with Crippen LogP contribution in [0.25, 0.3) is 11.4 Å². The van der Waals surface area contributed by atoms with Gasteiger partial charge in [-0.25, -0.2) is 0 Å². The number of benzene rings is 2. The molecule has 4 rings (SSSR count). The van der Waals surface area contributed by atoms with E-state index in [1.54, 1.807) is 60.7 Å². The summed E-state index contributed by atoms with van der Waals surface area (Å²) in [5, 5.41) is 39.8. The van der Waals surface area contributed by atoms with Crippen LogP contribution in [0.15, 0.2) is 80.3 Å². The highest BCUT2D eigenvalue weighted by atomic mass is 32.2. The molecule has 0 fully saturated rings. The van der Waals surface area contributed by atoms with Crippen LogP contribution in [0, 0.1) is 59.2 Å². The summed E-state index contributed by atoms with van der Waals surface area (Å²) in [4.78, 5) is 26.8. The molecule has 11 heteroatoms. The summed E-state index contributed by atoms with van der Waals surface area (Å²) in [6, 6.07) is 25.1. The van der Waals surface area contributed by atoms with Crippen LogP contribution >= 0.6 is 35.7 Å². The van der Waals surface area contributed by atoms with E-state index in [1.807, 2.05) is 12.1 Å². The maximum absolute atomic E-state index is 13.4. The third kappa shape index (κ3) is 4.94. The van der Waals surface area contributed by atoms with E-state index < -0.39 is 11.1 Å². The summed E-state index contributed by atoms with van der Waals surface area (Å²) < 4.78 is 2.71. The second-order valence-corrected chi connectivity index (χ2v) is 11.4. The summed E-state index contributed by atoms with van der Waals surface area (Å²) >= 11 is 7.57. The van der Waals surface area contributed by atoms with Gasteiger partial charge in [0.05, 0.1) is 11.1 Å². The van der Waals surface area contributed by atoms with Crippen LogP contribution in [-0.4, -0.2) is 12.7 Å². The molecular weight excluding hydrogens is 561 g/mol. The van der Waals surface area contributed by atoms with Gasteiger partial charge in [0, 0.05) is 11.4 Å². The topological polar surface area (TPSA) is 139 Å². The Labute approximate surface area is 243 Å². The van der Waals surface area contributed by atoms with Crippen molar-refractivity contribution < 1.29 is 0 Å². The summed E-state index contributed by atoms with van der Waals surface area (Å²) in [7, 11) is 0. The minimum Gasteiger partial charge on any atom is -0.269 e. The van der Waals surface area contributed by atoms with Crippen molar-refractivity contribution in [3.63, 3.8) is 0 Å². The standard InChI is InChI=1S/C29H16N6O2S3/c1-17-21(13-30)25(36)34(19-9-5-3-6-10-19)27(23(17)15-32)39-29(38)40-28-24(16-33)18(2)22(14-31)26(37)35(28)20-11-7-4-8-12-20/h3-12H,1-2H3. The Balaban J connectivity index is 1.94. The van der Waals surface area contributed by atoms with E-state index in [2.05, 4.69) is 12.1 Å². The van der Waals surface area contributed by atoms with Crippen molar-refractivity contribution in [1.82, 2.24) is 9.13 Å². The first kappa shape index (κ1) is 28.1. The number of pyridine rings is 2. The zero-order valence-electron chi connectivity index (χ0n) is 21.0. The van der Waals surface area contributed by atoms with E-state index in [4.69, 9.17) is 12.2 Å². The summed E-state index contributed by atoms with van der Waals surface area (Å²) in [6.45, 7) is 3.05. The molecule has 8 nitrogen and oxygen atoms in total. The minimum absolute atomic E-state index is 0.102. The fourth-order valence-electron chi connectivity index (χ4n) is 4.05. The molecule has 192 valence electrons. The van der Waals surface area contributed by atoms with E-state index in [-0.39, 0.29) is 47.0 Å². The third-order valence-electron chi connectivity index (χ3n) is 6.00. The highest BCUT2D eigenvalue weighted by molar-refractivity contribution is 8.47.